The van der Waals surface area contributed by atoms with Crippen molar-refractivity contribution in [2.75, 3.05) is 5.32 Å². The lowest BCUT2D eigenvalue weighted by Crippen LogP contribution is -2.11. The normalized spacial score (nSPS) is 10.9. The molecule has 0 saturated carbocycles. The predicted molar refractivity (Wildman–Crippen MR) is 132 cm³/mol. The molecule has 0 radical (unpaired) electrons. The van der Waals surface area contributed by atoms with Gasteiger partial charge < -0.3 is 5.32 Å². The molecule has 3 aromatic heterocycles. The van der Waals surface area contributed by atoms with E-state index >= 15 is 0 Å². The highest BCUT2D eigenvalue weighted by molar-refractivity contribution is 7.19. The standard InChI is InChI=1S/C24H16N4O3S2/c1-14-21(16-7-9-17(10-8-16)28(30)31)33-24(26-14)18-11-13-32-22(18)23(29)27-19-6-2-4-15-5-3-12-25-20(15)19/h2-13H,1H3,(H,27,29). The number of aromatic nitrogens is 2. The minimum Gasteiger partial charge on any atom is -0.319 e. The van der Waals surface area contributed by atoms with E-state index in [9.17, 15) is 14.9 Å². The van der Waals surface area contributed by atoms with E-state index in [1.54, 1.807) is 18.3 Å². The topological polar surface area (TPSA) is 98.0 Å². The minimum atomic E-state index is -0.420. The molecule has 0 atom stereocenters. The average Bonchev–Trinajstić information content (AvgIpc) is 3.46. The first-order chi connectivity index (χ1) is 16.0. The van der Waals surface area contributed by atoms with E-state index in [1.807, 2.05) is 48.7 Å². The van der Waals surface area contributed by atoms with Gasteiger partial charge in [0.1, 0.15) is 9.88 Å². The molecule has 7 nitrogen and oxygen atoms in total. The van der Waals surface area contributed by atoms with Crippen molar-refractivity contribution in [3.05, 3.63) is 92.9 Å². The number of thiophene rings is 1. The molecule has 3 heterocycles. The fraction of sp³-hybridized carbons (Fsp3) is 0.0417. The number of nitro groups is 1. The number of hydrogen-bond donors (Lipinski definition) is 1. The van der Waals surface area contributed by atoms with Gasteiger partial charge in [0.2, 0.25) is 0 Å². The molecule has 5 rings (SSSR count). The first-order valence-electron chi connectivity index (χ1n) is 9.96. The number of rotatable bonds is 5. The van der Waals surface area contributed by atoms with Crippen LogP contribution in [-0.4, -0.2) is 20.8 Å². The van der Waals surface area contributed by atoms with Gasteiger partial charge in [-0.15, -0.1) is 22.7 Å². The maximum Gasteiger partial charge on any atom is 0.269 e. The third kappa shape index (κ3) is 3.99. The van der Waals surface area contributed by atoms with Crippen LogP contribution in [0.1, 0.15) is 15.4 Å². The zero-order valence-corrected chi connectivity index (χ0v) is 18.9. The van der Waals surface area contributed by atoms with E-state index in [0.717, 1.165) is 37.6 Å². The Morgan fingerprint density at radius 2 is 1.85 bits per heavy atom. The molecular weight excluding hydrogens is 456 g/mol. The predicted octanol–water partition coefficient (Wildman–Crippen LogP) is 6.56. The fourth-order valence-corrected chi connectivity index (χ4v) is 5.51. The van der Waals surface area contributed by atoms with Crippen molar-refractivity contribution >= 4 is 50.9 Å². The van der Waals surface area contributed by atoms with Gasteiger partial charge in [0.15, 0.2) is 0 Å². The molecule has 0 saturated heterocycles. The van der Waals surface area contributed by atoms with Gasteiger partial charge in [-0.05, 0) is 48.2 Å². The van der Waals surface area contributed by atoms with Gasteiger partial charge in [-0.25, -0.2) is 4.98 Å². The van der Waals surface area contributed by atoms with Crippen LogP contribution in [0.2, 0.25) is 0 Å². The number of thiazole rings is 1. The monoisotopic (exact) mass is 472 g/mol. The van der Waals surface area contributed by atoms with Gasteiger partial charge in [-0.1, -0.05) is 18.2 Å². The van der Waals surface area contributed by atoms with E-state index in [4.69, 9.17) is 0 Å². The zero-order valence-electron chi connectivity index (χ0n) is 17.3. The molecule has 33 heavy (non-hydrogen) atoms. The van der Waals surface area contributed by atoms with Gasteiger partial charge in [-0.2, -0.15) is 0 Å². The summed E-state index contributed by atoms with van der Waals surface area (Å²) in [6.07, 6.45) is 1.70. The summed E-state index contributed by atoms with van der Waals surface area (Å²) in [7, 11) is 0. The van der Waals surface area contributed by atoms with E-state index in [0.29, 0.717) is 10.6 Å². The summed E-state index contributed by atoms with van der Waals surface area (Å²) >= 11 is 2.81. The van der Waals surface area contributed by atoms with Gasteiger partial charge in [-0.3, -0.25) is 19.9 Å². The van der Waals surface area contributed by atoms with Crippen molar-refractivity contribution in [3.63, 3.8) is 0 Å². The SMILES string of the molecule is Cc1nc(-c2ccsc2C(=O)Nc2cccc3cccnc23)sc1-c1ccc([N+](=O)[O-])cc1. The Kier molecular flexibility index (Phi) is 5.41. The Balaban J connectivity index is 1.46. The lowest BCUT2D eigenvalue weighted by molar-refractivity contribution is -0.384. The van der Waals surface area contributed by atoms with Crippen LogP contribution in [0.4, 0.5) is 11.4 Å². The summed E-state index contributed by atoms with van der Waals surface area (Å²) in [5, 5.41) is 17.5. The number of para-hydroxylation sites is 1. The number of nitrogens with one attached hydrogen (secondary N) is 1. The van der Waals surface area contributed by atoms with E-state index < -0.39 is 4.92 Å². The largest absolute Gasteiger partial charge is 0.319 e. The Labute approximate surface area is 196 Å². The quantitative estimate of drug-likeness (QED) is 0.231. The maximum absolute atomic E-state index is 13.2. The van der Waals surface area contributed by atoms with Crippen LogP contribution in [-0.2, 0) is 0 Å². The lowest BCUT2D eigenvalue weighted by Gasteiger charge is -2.08. The maximum atomic E-state index is 13.2. The van der Waals surface area contributed by atoms with Crippen LogP contribution < -0.4 is 5.32 Å². The second-order valence-electron chi connectivity index (χ2n) is 7.24. The molecule has 0 unspecified atom stereocenters. The second-order valence-corrected chi connectivity index (χ2v) is 9.15. The molecule has 0 aliphatic carbocycles. The van der Waals surface area contributed by atoms with Gasteiger partial charge in [0, 0.05) is 29.3 Å². The number of pyridine rings is 1. The molecular formula is C24H16N4O3S2. The number of amides is 1. The van der Waals surface area contributed by atoms with Crippen molar-refractivity contribution < 1.29 is 9.72 Å². The summed E-state index contributed by atoms with van der Waals surface area (Å²) in [4.78, 5) is 34.2. The number of carbonyl (C=O) groups excluding carboxylic acids is 1. The average molecular weight is 473 g/mol. The third-order valence-corrected chi connectivity index (χ3v) is 7.27. The second kappa shape index (κ2) is 8.53. The summed E-state index contributed by atoms with van der Waals surface area (Å²) in [5.74, 6) is -0.220. The molecule has 1 N–H and O–H groups in total. The Bertz CT molecular complexity index is 1500. The number of hydrogen-bond acceptors (Lipinski definition) is 7. The molecule has 0 aliphatic rings. The molecule has 0 bridgehead atoms. The first-order valence-corrected chi connectivity index (χ1v) is 11.7. The number of non-ortho nitro benzene ring substituents is 1. The lowest BCUT2D eigenvalue weighted by atomic mass is 10.1. The van der Waals surface area contributed by atoms with E-state index in [2.05, 4.69) is 15.3 Å². The van der Waals surface area contributed by atoms with Crippen LogP contribution >= 0.6 is 22.7 Å². The number of fused-ring (bicyclic) bond motifs is 1. The van der Waals surface area contributed by atoms with Gasteiger partial charge in [0.05, 0.1) is 26.7 Å². The van der Waals surface area contributed by atoms with Crippen molar-refractivity contribution in [2.24, 2.45) is 0 Å². The number of carbonyl (C=O) groups is 1. The molecule has 5 aromatic rings. The molecule has 9 heteroatoms. The van der Waals surface area contributed by atoms with Crippen molar-refractivity contribution in [1.82, 2.24) is 9.97 Å². The fourth-order valence-electron chi connectivity index (χ4n) is 3.55. The minimum absolute atomic E-state index is 0.0425. The first kappa shape index (κ1) is 20.9. The van der Waals surface area contributed by atoms with Gasteiger partial charge in [0.25, 0.3) is 11.6 Å². The molecule has 0 aliphatic heterocycles. The summed E-state index contributed by atoms with van der Waals surface area (Å²) in [6.45, 7) is 1.89. The van der Waals surface area contributed by atoms with Gasteiger partial charge >= 0.3 is 0 Å². The van der Waals surface area contributed by atoms with E-state index in [1.165, 1.54) is 34.8 Å². The highest BCUT2D eigenvalue weighted by Crippen LogP contribution is 2.38. The highest BCUT2D eigenvalue weighted by Gasteiger charge is 2.20. The Morgan fingerprint density at radius 1 is 1.06 bits per heavy atom. The summed E-state index contributed by atoms with van der Waals surface area (Å²) < 4.78 is 0. The highest BCUT2D eigenvalue weighted by atomic mass is 32.1. The molecule has 1 amide bonds. The summed E-state index contributed by atoms with van der Waals surface area (Å²) in [5.41, 5.74) is 3.84. The number of benzene rings is 2. The van der Waals surface area contributed by atoms with Crippen LogP contribution in [0.15, 0.2) is 72.2 Å². The number of anilines is 1. The Hall–Kier alpha value is -3.95. The third-order valence-electron chi connectivity index (χ3n) is 5.12. The number of nitro benzene ring substituents is 1. The number of nitrogens with zero attached hydrogens (tertiary/aromatic N) is 3. The van der Waals surface area contributed by atoms with Crippen LogP contribution in [0.3, 0.4) is 0 Å². The Morgan fingerprint density at radius 3 is 2.64 bits per heavy atom. The molecule has 0 spiro atoms. The van der Waals surface area contributed by atoms with Crippen LogP contribution in [0.5, 0.6) is 0 Å². The smallest absolute Gasteiger partial charge is 0.269 e. The van der Waals surface area contributed by atoms with Crippen LogP contribution in [0.25, 0.3) is 31.9 Å². The summed E-state index contributed by atoms with van der Waals surface area (Å²) in [6, 6.07) is 17.8. The van der Waals surface area contributed by atoms with Crippen LogP contribution in [0, 0.1) is 17.0 Å². The van der Waals surface area contributed by atoms with Crippen molar-refractivity contribution in [2.45, 2.75) is 6.92 Å². The van der Waals surface area contributed by atoms with Crippen molar-refractivity contribution in [1.29, 1.82) is 0 Å². The zero-order chi connectivity index (χ0) is 22.9. The molecule has 0 fully saturated rings. The molecule has 162 valence electrons. The van der Waals surface area contributed by atoms with Crippen molar-refractivity contribution in [3.8, 4) is 21.0 Å². The number of aryl methyl sites for hydroxylation is 1. The molecule has 2 aromatic carbocycles. The van der Waals surface area contributed by atoms with E-state index in [-0.39, 0.29) is 11.6 Å².